The number of carbonyl (C=O) groups is 1. The van der Waals surface area contributed by atoms with Gasteiger partial charge in [-0.1, -0.05) is 5.16 Å². The lowest BCUT2D eigenvalue weighted by Crippen LogP contribution is -2.47. The van der Waals surface area contributed by atoms with Crippen LogP contribution in [-0.4, -0.2) is 59.1 Å². The normalized spacial score (nSPS) is 24.7. The van der Waals surface area contributed by atoms with E-state index in [9.17, 15) is 4.79 Å². The van der Waals surface area contributed by atoms with Crippen LogP contribution < -0.4 is 0 Å². The van der Waals surface area contributed by atoms with Gasteiger partial charge in [0.05, 0.1) is 5.92 Å². The molecule has 140 valence electrons. The minimum Gasteiger partial charge on any atom is -0.342 e. The highest BCUT2D eigenvalue weighted by Crippen LogP contribution is 2.25. The van der Waals surface area contributed by atoms with Crippen LogP contribution in [0.5, 0.6) is 0 Å². The molecule has 4 rings (SSSR count). The first-order chi connectivity index (χ1) is 12.7. The SMILES string of the molecule is CN1CCCC(C(=O)N2CCCC(Cc3nc(-c4ccsc4)no3)C2)C1. The number of hydrogen-bond acceptors (Lipinski definition) is 6. The second-order valence-electron chi connectivity index (χ2n) is 7.62. The van der Waals surface area contributed by atoms with Gasteiger partial charge >= 0.3 is 0 Å². The molecule has 2 fully saturated rings. The second kappa shape index (κ2) is 7.88. The highest BCUT2D eigenvalue weighted by molar-refractivity contribution is 7.08. The minimum absolute atomic E-state index is 0.168. The number of likely N-dealkylation sites (tertiary alicyclic amines) is 2. The first kappa shape index (κ1) is 17.7. The summed E-state index contributed by atoms with van der Waals surface area (Å²) in [6.45, 7) is 3.71. The van der Waals surface area contributed by atoms with E-state index in [0.29, 0.717) is 23.5 Å². The van der Waals surface area contributed by atoms with Crippen LogP contribution in [-0.2, 0) is 11.2 Å². The molecule has 0 spiro atoms. The van der Waals surface area contributed by atoms with Crippen LogP contribution in [0.2, 0.25) is 0 Å². The van der Waals surface area contributed by atoms with E-state index >= 15 is 0 Å². The Bertz CT molecular complexity index is 730. The number of thiophene rings is 1. The van der Waals surface area contributed by atoms with Gasteiger partial charge in [-0.25, -0.2) is 0 Å². The molecule has 0 bridgehead atoms. The third kappa shape index (κ3) is 3.99. The maximum absolute atomic E-state index is 12.9. The average molecular weight is 375 g/mol. The van der Waals surface area contributed by atoms with E-state index in [0.717, 1.165) is 63.8 Å². The van der Waals surface area contributed by atoms with Gasteiger partial charge in [-0.3, -0.25) is 4.79 Å². The van der Waals surface area contributed by atoms with Gasteiger partial charge in [0.25, 0.3) is 0 Å². The van der Waals surface area contributed by atoms with Crippen LogP contribution in [0.15, 0.2) is 21.3 Å². The smallest absolute Gasteiger partial charge is 0.227 e. The number of nitrogens with zero attached hydrogens (tertiary/aromatic N) is 4. The Morgan fingerprint density at radius 2 is 2.19 bits per heavy atom. The van der Waals surface area contributed by atoms with Crippen LogP contribution in [0.25, 0.3) is 11.4 Å². The van der Waals surface area contributed by atoms with Gasteiger partial charge in [0.1, 0.15) is 0 Å². The zero-order chi connectivity index (χ0) is 17.9. The highest BCUT2D eigenvalue weighted by Gasteiger charge is 2.31. The molecule has 2 aromatic heterocycles. The van der Waals surface area contributed by atoms with E-state index < -0.39 is 0 Å². The Hall–Kier alpha value is -1.73. The Morgan fingerprint density at radius 1 is 1.31 bits per heavy atom. The summed E-state index contributed by atoms with van der Waals surface area (Å²) >= 11 is 1.63. The Kier molecular flexibility index (Phi) is 5.36. The van der Waals surface area contributed by atoms with Crippen LogP contribution in [0, 0.1) is 11.8 Å². The molecule has 0 aliphatic carbocycles. The van der Waals surface area contributed by atoms with Gasteiger partial charge in [-0.2, -0.15) is 16.3 Å². The van der Waals surface area contributed by atoms with Crippen LogP contribution in [0.3, 0.4) is 0 Å². The fourth-order valence-corrected chi connectivity index (χ4v) is 4.79. The molecule has 7 heteroatoms. The molecule has 2 saturated heterocycles. The number of carbonyl (C=O) groups excluding carboxylic acids is 1. The van der Waals surface area contributed by atoms with E-state index in [4.69, 9.17) is 4.52 Å². The van der Waals surface area contributed by atoms with Crippen molar-refractivity contribution < 1.29 is 9.32 Å². The summed E-state index contributed by atoms with van der Waals surface area (Å²) in [5.41, 5.74) is 1.01. The van der Waals surface area contributed by atoms with Crippen molar-refractivity contribution in [3.05, 3.63) is 22.7 Å². The largest absolute Gasteiger partial charge is 0.342 e. The Labute approximate surface area is 158 Å². The number of aromatic nitrogens is 2. The quantitative estimate of drug-likeness (QED) is 0.823. The van der Waals surface area contributed by atoms with Gasteiger partial charge in [0, 0.05) is 37.0 Å². The van der Waals surface area contributed by atoms with Crippen molar-refractivity contribution in [3.8, 4) is 11.4 Å². The summed E-state index contributed by atoms with van der Waals surface area (Å²) in [5.74, 6) is 2.26. The summed E-state index contributed by atoms with van der Waals surface area (Å²) < 4.78 is 5.45. The molecule has 2 unspecified atom stereocenters. The minimum atomic E-state index is 0.168. The average Bonchev–Trinajstić information content (AvgIpc) is 3.33. The number of rotatable bonds is 4. The van der Waals surface area contributed by atoms with Crippen molar-refractivity contribution >= 4 is 17.2 Å². The molecule has 26 heavy (non-hydrogen) atoms. The molecule has 0 saturated carbocycles. The molecule has 6 nitrogen and oxygen atoms in total. The summed E-state index contributed by atoms with van der Waals surface area (Å²) in [7, 11) is 2.11. The predicted molar refractivity (Wildman–Crippen MR) is 101 cm³/mol. The second-order valence-corrected chi connectivity index (χ2v) is 8.40. The van der Waals surface area contributed by atoms with Crippen molar-refractivity contribution in [2.45, 2.75) is 32.1 Å². The fourth-order valence-electron chi connectivity index (χ4n) is 4.15. The molecule has 0 aromatic carbocycles. The van der Waals surface area contributed by atoms with Crippen molar-refractivity contribution in [2.75, 3.05) is 33.2 Å². The lowest BCUT2D eigenvalue weighted by Gasteiger charge is -2.37. The topological polar surface area (TPSA) is 62.5 Å². The van der Waals surface area contributed by atoms with E-state index in [1.807, 2.05) is 16.8 Å². The van der Waals surface area contributed by atoms with Gasteiger partial charge < -0.3 is 14.3 Å². The zero-order valence-electron chi connectivity index (χ0n) is 15.3. The summed E-state index contributed by atoms with van der Waals surface area (Å²) in [5, 5.41) is 8.13. The van der Waals surface area contributed by atoms with E-state index in [-0.39, 0.29) is 5.92 Å². The maximum atomic E-state index is 12.9. The van der Waals surface area contributed by atoms with Crippen molar-refractivity contribution in [2.24, 2.45) is 11.8 Å². The third-order valence-electron chi connectivity index (χ3n) is 5.52. The molecule has 0 radical (unpaired) electrons. The third-order valence-corrected chi connectivity index (χ3v) is 6.20. The van der Waals surface area contributed by atoms with Crippen LogP contribution in [0.4, 0.5) is 0 Å². The molecule has 2 aliphatic rings. The summed E-state index contributed by atoms with van der Waals surface area (Å²) in [4.78, 5) is 21.8. The molecular formula is C19H26N4O2S. The standard InChI is InChI=1S/C19H26N4O2S/c1-22-7-3-5-15(12-22)19(24)23-8-2-4-14(11-23)10-17-20-18(21-25-17)16-6-9-26-13-16/h6,9,13-15H,2-5,7-8,10-12H2,1H3. The van der Waals surface area contributed by atoms with E-state index in [2.05, 4.69) is 27.0 Å². The molecular weight excluding hydrogens is 348 g/mol. The van der Waals surface area contributed by atoms with Crippen molar-refractivity contribution in [1.82, 2.24) is 19.9 Å². The van der Waals surface area contributed by atoms with Crippen molar-refractivity contribution in [1.29, 1.82) is 0 Å². The first-order valence-corrected chi connectivity index (χ1v) is 10.5. The predicted octanol–water partition coefficient (Wildman–Crippen LogP) is 2.92. The summed E-state index contributed by atoms with van der Waals surface area (Å²) in [6, 6.07) is 2.00. The van der Waals surface area contributed by atoms with E-state index in [1.54, 1.807) is 11.3 Å². The molecule has 2 aromatic rings. The number of hydrogen-bond donors (Lipinski definition) is 0. The van der Waals surface area contributed by atoms with E-state index in [1.165, 1.54) is 0 Å². The Morgan fingerprint density at radius 3 is 3.00 bits per heavy atom. The number of piperidine rings is 2. The number of amides is 1. The lowest BCUT2D eigenvalue weighted by atomic mass is 9.91. The van der Waals surface area contributed by atoms with Gasteiger partial charge in [0.15, 0.2) is 0 Å². The molecule has 1 amide bonds. The van der Waals surface area contributed by atoms with Crippen molar-refractivity contribution in [3.63, 3.8) is 0 Å². The zero-order valence-corrected chi connectivity index (χ0v) is 16.1. The van der Waals surface area contributed by atoms with Gasteiger partial charge in [-0.05, 0) is 56.6 Å². The highest BCUT2D eigenvalue weighted by atomic mass is 32.1. The van der Waals surface area contributed by atoms with Gasteiger partial charge in [-0.15, -0.1) is 0 Å². The fraction of sp³-hybridized carbons (Fsp3) is 0.632. The first-order valence-electron chi connectivity index (χ1n) is 9.51. The molecule has 0 N–H and O–H groups in total. The lowest BCUT2D eigenvalue weighted by molar-refractivity contribution is -0.139. The molecule has 2 aliphatic heterocycles. The Balaban J connectivity index is 1.35. The van der Waals surface area contributed by atoms with Crippen LogP contribution >= 0.6 is 11.3 Å². The van der Waals surface area contributed by atoms with Gasteiger partial charge in [0.2, 0.25) is 17.6 Å². The molecule has 4 heterocycles. The monoisotopic (exact) mass is 374 g/mol. The van der Waals surface area contributed by atoms with Crippen LogP contribution in [0.1, 0.15) is 31.6 Å². The summed E-state index contributed by atoms with van der Waals surface area (Å²) in [6.07, 6.45) is 5.08. The maximum Gasteiger partial charge on any atom is 0.227 e. The molecule has 2 atom stereocenters.